The van der Waals surface area contributed by atoms with Crippen LogP contribution in [0.15, 0.2) is 112 Å². The molecule has 2 heterocycles. The van der Waals surface area contributed by atoms with Crippen molar-refractivity contribution in [2.75, 3.05) is 13.7 Å². The number of para-hydroxylation sites is 1. The molecule has 0 N–H and O–H groups in total. The molecule has 0 fully saturated rings. The molecule has 45 heavy (non-hydrogen) atoms. The average molecular weight is 604 g/mol. The van der Waals surface area contributed by atoms with Crippen LogP contribution in [-0.4, -0.2) is 29.6 Å². The minimum absolute atomic E-state index is 0.224. The van der Waals surface area contributed by atoms with Crippen molar-refractivity contribution < 1.29 is 23.0 Å². The molecule has 6 aromatic rings. The van der Waals surface area contributed by atoms with Crippen LogP contribution in [0.1, 0.15) is 23.6 Å². The molecule has 0 bridgehead atoms. The fourth-order valence-corrected chi connectivity index (χ4v) is 5.06. The Balaban J connectivity index is 1.44. The third-order valence-corrected chi connectivity index (χ3v) is 7.15. The Bertz CT molecular complexity index is 2100. The summed E-state index contributed by atoms with van der Waals surface area (Å²) in [6, 6.07) is 24.2. The van der Waals surface area contributed by atoms with Crippen molar-refractivity contribution in [1.29, 1.82) is 0 Å². The Labute approximate surface area is 258 Å². The van der Waals surface area contributed by atoms with Gasteiger partial charge in [0, 0.05) is 5.56 Å². The minimum Gasteiger partial charge on any atom is -0.496 e. The lowest BCUT2D eigenvalue weighted by Crippen LogP contribution is -2.20. The number of hydrogen-bond donors (Lipinski definition) is 0. The fraction of sp³-hybridized carbons (Fsp3) is 0.139. The maximum atomic E-state index is 13.8. The monoisotopic (exact) mass is 603 g/mol. The summed E-state index contributed by atoms with van der Waals surface area (Å²) in [5.41, 5.74) is 3.05. The van der Waals surface area contributed by atoms with E-state index in [4.69, 9.17) is 23.6 Å². The van der Waals surface area contributed by atoms with E-state index in [1.165, 1.54) is 16.8 Å². The van der Waals surface area contributed by atoms with E-state index in [9.17, 15) is 9.18 Å². The quantitative estimate of drug-likeness (QED) is 0.112. The number of rotatable bonds is 11. The van der Waals surface area contributed by atoms with Gasteiger partial charge < -0.3 is 18.6 Å². The number of methoxy groups -OCH3 is 1. The molecule has 4 aromatic carbocycles. The molecule has 0 amide bonds. The number of furan rings is 1. The number of allylic oxidation sites excluding steroid dienone is 1. The highest BCUT2D eigenvalue weighted by Crippen LogP contribution is 2.35. The van der Waals surface area contributed by atoms with Gasteiger partial charge in [0.25, 0.3) is 5.56 Å². The highest BCUT2D eigenvalue weighted by atomic mass is 19.1. The van der Waals surface area contributed by atoms with Crippen molar-refractivity contribution in [2.45, 2.75) is 20.0 Å². The van der Waals surface area contributed by atoms with Gasteiger partial charge in [0.15, 0.2) is 17.3 Å². The number of halogens is 1. The van der Waals surface area contributed by atoms with E-state index in [-0.39, 0.29) is 23.8 Å². The largest absolute Gasteiger partial charge is 0.496 e. The smallest absolute Gasteiger partial charge is 0.282 e. The van der Waals surface area contributed by atoms with Crippen LogP contribution in [0, 0.1) is 5.82 Å². The van der Waals surface area contributed by atoms with Crippen molar-refractivity contribution >= 4 is 28.1 Å². The molecule has 8 nitrogen and oxygen atoms in total. The molecule has 0 saturated carbocycles. The Kier molecular flexibility index (Phi) is 8.41. The van der Waals surface area contributed by atoms with Crippen LogP contribution in [0.3, 0.4) is 0 Å². The Morgan fingerprint density at radius 1 is 0.978 bits per heavy atom. The Hall–Kier alpha value is -5.70. The summed E-state index contributed by atoms with van der Waals surface area (Å²) in [5, 5.41) is 5.78. The van der Waals surface area contributed by atoms with Gasteiger partial charge in [-0.3, -0.25) is 4.79 Å². The third-order valence-electron chi connectivity index (χ3n) is 7.15. The van der Waals surface area contributed by atoms with Crippen LogP contribution < -0.4 is 19.8 Å². The van der Waals surface area contributed by atoms with E-state index < -0.39 is 0 Å². The molecule has 9 heteroatoms. The molecular weight excluding hydrogens is 573 g/mol. The summed E-state index contributed by atoms with van der Waals surface area (Å²) in [5.74, 6) is 1.99. The molecule has 0 aliphatic rings. The van der Waals surface area contributed by atoms with Crippen LogP contribution >= 0.6 is 0 Å². The molecular formula is C36H30FN3O5. The second kappa shape index (κ2) is 12.9. The maximum absolute atomic E-state index is 13.8. The normalized spacial score (nSPS) is 11.4. The number of aromatic nitrogens is 2. The predicted octanol–water partition coefficient (Wildman–Crippen LogP) is 7.55. The van der Waals surface area contributed by atoms with Gasteiger partial charge in [-0.2, -0.15) is 9.78 Å². The van der Waals surface area contributed by atoms with Crippen LogP contribution in [0.2, 0.25) is 0 Å². The van der Waals surface area contributed by atoms with Crippen LogP contribution in [0.4, 0.5) is 4.39 Å². The summed E-state index contributed by atoms with van der Waals surface area (Å²) in [7, 11) is 1.59. The summed E-state index contributed by atoms with van der Waals surface area (Å²) in [6.07, 6.45) is 3.83. The van der Waals surface area contributed by atoms with Crippen LogP contribution in [-0.2, 0) is 13.0 Å². The lowest BCUT2D eigenvalue weighted by Gasteiger charge is -2.17. The number of benzene rings is 4. The van der Waals surface area contributed by atoms with Crippen molar-refractivity contribution in [3.8, 4) is 28.8 Å². The molecule has 0 aliphatic heterocycles. The maximum Gasteiger partial charge on any atom is 0.282 e. The second-order valence-corrected chi connectivity index (χ2v) is 10.1. The molecule has 0 aliphatic carbocycles. The predicted molar refractivity (Wildman–Crippen MR) is 173 cm³/mol. The van der Waals surface area contributed by atoms with Gasteiger partial charge in [0.2, 0.25) is 5.82 Å². The van der Waals surface area contributed by atoms with E-state index in [1.54, 1.807) is 61.9 Å². The number of fused-ring (bicyclic) bond motifs is 2. The molecule has 0 unspecified atom stereocenters. The highest BCUT2D eigenvalue weighted by molar-refractivity contribution is 5.89. The Morgan fingerprint density at radius 2 is 1.80 bits per heavy atom. The minimum atomic E-state index is -0.352. The van der Waals surface area contributed by atoms with Crippen molar-refractivity contribution in [3.05, 3.63) is 130 Å². The van der Waals surface area contributed by atoms with E-state index in [1.807, 2.05) is 37.3 Å². The molecule has 0 radical (unpaired) electrons. The van der Waals surface area contributed by atoms with Crippen LogP contribution in [0.5, 0.6) is 17.2 Å². The van der Waals surface area contributed by atoms with Gasteiger partial charge in [0.05, 0.1) is 36.2 Å². The van der Waals surface area contributed by atoms with Gasteiger partial charge in [-0.15, -0.1) is 6.58 Å². The molecule has 0 spiro atoms. The first-order valence-electron chi connectivity index (χ1n) is 14.4. The molecule has 2 aromatic heterocycles. The van der Waals surface area contributed by atoms with E-state index in [2.05, 4.69) is 11.7 Å². The third kappa shape index (κ3) is 6.05. The number of nitrogens with zero attached hydrogens (tertiary/aromatic N) is 3. The highest BCUT2D eigenvalue weighted by Gasteiger charge is 2.19. The first kappa shape index (κ1) is 29.4. The second-order valence-electron chi connectivity index (χ2n) is 10.1. The lowest BCUT2D eigenvalue weighted by atomic mass is 10.1. The van der Waals surface area contributed by atoms with Gasteiger partial charge in [-0.05, 0) is 79.1 Å². The summed E-state index contributed by atoms with van der Waals surface area (Å²) in [6.45, 7) is 6.40. The van der Waals surface area contributed by atoms with Crippen LogP contribution in [0.25, 0.3) is 33.5 Å². The van der Waals surface area contributed by atoms with E-state index in [0.29, 0.717) is 58.1 Å². The standard InChI is InChI=1S/C36H30FN3O5/c1-4-9-25-18-24(19-32(43-5-2)34(25)44-22-23-14-16-26(37)17-15-23)21-38-40-35(39-29-11-7-6-10-27(29)36(40)41)33-20-28-30(42-3)12-8-13-31(28)45-33/h4,6-8,10-21H,1,5,9,22H2,2-3H3. The lowest BCUT2D eigenvalue weighted by molar-refractivity contribution is 0.267. The first-order chi connectivity index (χ1) is 22.0. The van der Waals surface area contributed by atoms with Crippen molar-refractivity contribution in [2.24, 2.45) is 5.10 Å². The number of ether oxygens (including phenoxy) is 3. The zero-order valence-electron chi connectivity index (χ0n) is 24.8. The van der Waals surface area contributed by atoms with Gasteiger partial charge in [-0.1, -0.05) is 36.4 Å². The van der Waals surface area contributed by atoms with Gasteiger partial charge >= 0.3 is 0 Å². The SMILES string of the molecule is C=CCc1cc(C=Nn2c(-c3cc4c(OC)cccc4o3)nc3ccccc3c2=O)cc(OCC)c1OCc1ccc(F)cc1. The van der Waals surface area contributed by atoms with Crippen molar-refractivity contribution in [1.82, 2.24) is 9.66 Å². The summed E-state index contributed by atoms with van der Waals surface area (Å²) in [4.78, 5) is 18.5. The summed E-state index contributed by atoms with van der Waals surface area (Å²) < 4.78 is 38.4. The zero-order valence-corrected chi connectivity index (χ0v) is 24.8. The topological polar surface area (TPSA) is 88.1 Å². The van der Waals surface area contributed by atoms with Gasteiger partial charge in [0.1, 0.15) is 23.8 Å². The first-order valence-corrected chi connectivity index (χ1v) is 14.4. The zero-order chi connectivity index (χ0) is 31.3. The number of hydrogen-bond acceptors (Lipinski definition) is 7. The molecule has 226 valence electrons. The average Bonchev–Trinajstić information content (AvgIpc) is 3.50. The van der Waals surface area contributed by atoms with E-state index >= 15 is 0 Å². The molecule has 6 rings (SSSR count). The molecule has 0 atom stereocenters. The van der Waals surface area contributed by atoms with E-state index in [0.717, 1.165) is 16.5 Å². The van der Waals surface area contributed by atoms with Gasteiger partial charge in [-0.25, -0.2) is 9.37 Å². The van der Waals surface area contributed by atoms with Crippen molar-refractivity contribution in [3.63, 3.8) is 0 Å². The Morgan fingerprint density at radius 3 is 2.58 bits per heavy atom. The summed E-state index contributed by atoms with van der Waals surface area (Å²) >= 11 is 0. The fourth-order valence-electron chi connectivity index (χ4n) is 5.06. The molecule has 0 saturated heterocycles.